The van der Waals surface area contributed by atoms with Crippen LogP contribution in [0.2, 0.25) is 10.0 Å². The number of carbonyl (C=O) groups excluding carboxylic acids is 1. The number of alkyl halides is 2. The van der Waals surface area contributed by atoms with Gasteiger partial charge in [-0.25, -0.2) is 4.79 Å². The fourth-order valence-electron chi connectivity index (χ4n) is 1.30. The van der Waals surface area contributed by atoms with Crippen LogP contribution in [0.1, 0.15) is 6.92 Å². The lowest BCUT2D eigenvalue weighted by atomic mass is 10.2. The van der Waals surface area contributed by atoms with Crippen LogP contribution < -0.4 is 15.4 Å². The molecular formula is C12H11Cl2F2N3O2. The molecule has 0 saturated heterocycles. The van der Waals surface area contributed by atoms with Gasteiger partial charge in [-0.05, 0) is 19.1 Å². The van der Waals surface area contributed by atoms with Gasteiger partial charge in [0.1, 0.15) is 0 Å². The zero-order valence-corrected chi connectivity index (χ0v) is 12.3. The smallest absolute Gasteiger partial charge is 0.387 e. The van der Waals surface area contributed by atoms with Crippen molar-refractivity contribution in [2.24, 2.45) is 5.92 Å². The second kappa shape index (κ2) is 7.86. The minimum atomic E-state index is -3.06. The minimum Gasteiger partial charge on any atom is -0.432 e. The first-order valence-electron chi connectivity index (χ1n) is 5.71. The molecule has 1 aromatic rings. The average molecular weight is 338 g/mol. The van der Waals surface area contributed by atoms with Crippen LogP contribution in [0, 0.1) is 17.2 Å². The fraction of sp³-hybridized carbons (Fsp3) is 0.333. The molecule has 2 amide bonds. The number of benzene rings is 1. The molecule has 0 fully saturated rings. The molecule has 0 aliphatic rings. The first kappa shape index (κ1) is 17.3. The summed E-state index contributed by atoms with van der Waals surface area (Å²) in [5.74, 6) is -0.706. The molecule has 0 unspecified atom stereocenters. The largest absolute Gasteiger partial charge is 0.432 e. The van der Waals surface area contributed by atoms with E-state index in [4.69, 9.17) is 28.5 Å². The van der Waals surface area contributed by atoms with Crippen molar-refractivity contribution in [3.05, 3.63) is 22.2 Å². The molecule has 5 nitrogen and oxygen atoms in total. The van der Waals surface area contributed by atoms with E-state index in [1.54, 1.807) is 6.92 Å². The summed E-state index contributed by atoms with van der Waals surface area (Å²) in [6.45, 7) is -1.25. The highest BCUT2D eigenvalue weighted by Crippen LogP contribution is 2.36. The van der Waals surface area contributed by atoms with E-state index < -0.39 is 12.6 Å². The van der Waals surface area contributed by atoms with E-state index in [0.717, 1.165) is 0 Å². The van der Waals surface area contributed by atoms with Gasteiger partial charge in [0.05, 0.1) is 22.0 Å². The van der Waals surface area contributed by atoms with Crippen LogP contribution in [0.25, 0.3) is 0 Å². The second-order valence-corrected chi connectivity index (χ2v) is 4.83. The lowest BCUT2D eigenvalue weighted by molar-refractivity contribution is -0.0497. The maximum atomic E-state index is 12.2. The highest BCUT2D eigenvalue weighted by atomic mass is 35.5. The van der Waals surface area contributed by atoms with Crippen LogP contribution in [-0.2, 0) is 0 Å². The number of hydrogen-bond donors (Lipinski definition) is 2. The van der Waals surface area contributed by atoms with Crippen LogP contribution in [0.5, 0.6) is 5.75 Å². The molecule has 21 heavy (non-hydrogen) atoms. The van der Waals surface area contributed by atoms with Gasteiger partial charge in [-0.15, -0.1) is 0 Å². The Morgan fingerprint density at radius 3 is 2.48 bits per heavy atom. The molecule has 0 aliphatic carbocycles. The molecule has 2 N–H and O–H groups in total. The quantitative estimate of drug-likeness (QED) is 0.856. The van der Waals surface area contributed by atoms with Gasteiger partial charge in [0, 0.05) is 12.2 Å². The molecule has 1 atom stereocenters. The van der Waals surface area contributed by atoms with E-state index in [1.807, 2.05) is 6.07 Å². The number of carbonyl (C=O) groups is 1. The number of amides is 2. The van der Waals surface area contributed by atoms with E-state index in [0.29, 0.717) is 0 Å². The number of rotatable bonds is 5. The Morgan fingerprint density at radius 1 is 1.43 bits per heavy atom. The van der Waals surface area contributed by atoms with Gasteiger partial charge in [-0.1, -0.05) is 23.2 Å². The molecule has 1 aromatic carbocycles. The summed E-state index contributed by atoms with van der Waals surface area (Å²) in [4.78, 5) is 11.5. The van der Waals surface area contributed by atoms with E-state index >= 15 is 0 Å². The summed E-state index contributed by atoms with van der Waals surface area (Å²) in [6.07, 6.45) is 0. The molecule has 114 valence electrons. The van der Waals surface area contributed by atoms with E-state index in [1.165, 1.54) is 12.1 Å². The van der Waals surface area contributed by atoms with Gasteiger partial charge < -0.3 is 15.4 Å². The minimum absolute atomic E-state index is 0.163. The van der Waals surface area contributed by atoms with Crippen molar-refractivity contribution in [1.82, 2.24) is 5.32 Å². The van der Waals surface area contributed by atoms with Crippen molar-refractivity contribution in [2.45, 2.75) is 13.5 Å². The van der Waals surface area contributed by atoms with Gasteiger partial charge in [0.15, 0.2) is 5.75 Å². The number of anilines is 1. The molecule has 1 rings (SSSR count). The van der Waals surface area contributed by atoms with Gasteiger partial charge in [-0.2, -0.15) is 14.0 Å². The number of nitriles is 1. The maximum Gasteiger partial charge on any atom is 0.387 e. The Hall–Kier alpha value is -1.78. The Kier molecular flexibility index (Phi) is 6.46. The fourth-order valence-corrected chi connectivity index (χ4v) is 1.88. The Morgan fingerprint density at radius 2 is 2.00 bits per heavy atom. The predicted molar refractivity (Wildman–Crippen MR) is 74.9 cm³/mol. The first-order chi connectivity index (χ1) is 9.83. The normalized spacial score (nSPS) is 11.7. The van der Waals surface area contributed by atoms with Crippen molar-refractivity contribution in [2.75, 3.05) is 11.9 Å². The zero-order chi connectivity index (χ0) is 16.0. The summed E-state index contributed by atoms with van der Waals surface area (Å²) in [7, 11) is 0. The maximum absolute atomic E-state index is 12.2. The average Bonchev–Trinajstić information content (AvgIpc) is 2.40. The van der Waals surface area contributed by atoms with E-state index in [9.17, 15) is 13.6 Å². The zero-order valence-electron chi connectivity index (χ0n) is 10.8. The van der Waals surface area contributed by atoms with Crippen molar-refractivity contribution < 1.29 is 18.3 Å². The number of halogens is 4. The summed E-state index contributed by atoms with van der Waals surface area (Å²) in [5.41, 5.74) is 0.203. The Balaban J connectivity index is 2.73. The molecule has 0 radical (unpaired) electrons. The molecule has 0 bridgehead atoms. The van der Waals surface area contributed by atoms with Crippen molar-refractivity contribution in [3.63, 3.8) is 0 Å². The highest BCUT2D eigenvalue weighted by Gasteiger charge is 2.15. The van der Waals surface area contributed by atoms with Crippen LogP contribution in [0.15, 0.2) is 12.1 Å². The highest BCUT2D eigenvalue weighted by molar-refractivity contribution is 6.37. The van der Waals surface area contributed by atoms with Crippen molar-refractivity contribution >= 4 is 34.9 Å². The number of nitrogens with one attached hydrogen (secondary N) is 2. The molecule has 0 aromatic heterocycles. The van der Waals surface area contributed by atoms with E-state index in [-0.39, 0.29) is 33.9 Å². The molecule has 0 heterocycles. The third-order valence-electron chi connectivity index (χ3n) is 2.25. The Bertz CT molecular complexity index is 541. The lowest BCUT2D eigenvalue weighted by Gasteiger charge is -2.12. The third kappa shape index (κ3) is 5.61. The van der Waals surface area contributed by atoms with Gasteiger partial charge >= 0.3 is 12.6 Å². The number of hydrogen-bond acceptors (Lipinski definition) is 3. The molecule has 9 heteroatoms. The molecule has 0 aliphatic heterocycles. The second-order valence-electron chi connectivity index (χ2n) is 4.01. The van der Waals surface area contributed by atoms with E-state index in [2.05, 4.69) is 15.4 Å². The third-order valence-corrected chi connectivity index (χ3v) is 2.81. The van der Waals surface area contributed by atoms with Crippen LogP contribution >= 0.6 is 23.2 Å². The molecule has 0 spiro atoms. The number of urea groups is 1. The topological polar surface area (TPSA) is 74.2 Å². The van der Waals surface area contributed by atoms with Gasteiger partial charge in [-0.3, -0.25) is 0 Å². The van der Waals surface area contributed by atoms with Gasteiger partial charge in [0.25, 0.3) is 0 Å². The predicted octanol–water partition coefficient (Wildman–Crippen LogP) is 3.88. The SMILES string of the molecule is C[C@@H](C#N)CNC(=O)Nc1cc(Cl)c(OC(F)F)c(Cl)c1. The molecule has 0 saturated carbocycles. The van der Waals surface area contributed by atoms with Crippen LogP contribution in [0.3, 0.4) is 0 Å². The standard InChI is InChI=1S/C12H11Cl2F2N3O2/c1-6(4-17)5-18-12(20)19-7-2-8(13)10(9(14)3-7)21-11(15)16/h2-3,6,11H,5H2,1H3,(H2,18,19,20)/t6-/m0/s1. The monoisotopic (exact) mass is 337 g/mol. The molecular weight excluding hydrogens is 327 g/mol. The van der Waals surface area contributed by atoms with Gasteiger partial charge in [0.2, 0.25) is 0 Å². The van der Waals surface area contributed by atoms with Crippen molar-refractivity contribution in [1.29, 1.82) is 5.26 Å². The summed E-state index contributed by atoms with van der Waals surface area (Å²) in [6, 6.07) is 3.82. The number of ether oxygens (including phenoxy) is 1. The van der Waals surface area contributed by atoms with Crippen LogP contribution in [0.4, 0.5) is 19.3 Å². The van der Waals surface area contributed by atoms with Crippen molar-refractivity contribution in [3.8, 4) is 11.8 Å². The Labute approximate surface area is 129 Å². The summed E-state index contributed by atoms with van der Waals surface area (Å²) < 4.78 is 28.5. The number of nitrogens with zero attached hydrogens (tertiary/aromatic N) is 1. The lowest BCUT2D eigenvalue weighted by Crippen LogP contribution is -2.32. The first-order valence-corrected chi connectivity index (χ1v) is 6.47. The van der Waals surface area contributed by atoms with Crippen LogP contribution in [-0.4, -0.2) is 19.2 Å². The summed E-state index contributed by atoms with van der Waals surface area (Å²) >= 11 is 11.5. The summed E-state index contributed by atoms with van der Waals surface area (Å²) in [5, 5.41) is 13.1.